The van der Waals surface area contributed by atoms with Gasteiger partial charge in [-0.05, 0) is 29.8 Å². The second-order valence-corrected chi connectivity index (χ2v) is 4.04. The van der Waals surface area contributed by atoms with Crippen molar-refractivity contribution < 1.29 is 4.79 Å². The van der Waals surface area contributed by atoms with E-state index in [4.69, 9.17) is 0 Å². The van der Waals surface area contributed by atoms with Crippen LogP contribution in [0.4, 0.5) is 11.4 Å². The molecule has 4 nitrogen and oxygen atoms in total. The van der Waals surface area contributed by atoms with Crippen molar-refractivity contribution >= 4 is 23.5 Å². The van der Waals surface area contributed by atoms with Crippen LogP contribution < -0.4 is 10.7 Å². The minimum Gasteiger partial charge on any atom is -0.326 e. The number of amides is 1. The van der Waals surface area contributed by atoms with Crippen LogP contribution in [-0.4, -0.2) is 12.1 Å². The molecule has 0 atom stereocenters. The van der Waals surface area contributed by atoms with E-state index in [0.29, 0.717) is 0 Å². The molecule has 0 saturated carbocycles. The Labute approximate surface area is 112 Å². The third-order valence-electron chi connectivity index (χ3n) is 2.41. The Morgan fingerprint density at radius 1 is 1.00 bits per heavy atom. The number of para-hydroxylation sites is 1. The molecule has 2 aromatic rings. The first-order valence-electron chi connectivity index (χ1n) is 5.96. The summed E-state index contributed by atoms with van der Waals surface area (Å²) in [5, 5.41) is 6.85. The number of hydrogen-bond donors (Lipinski definition) is 2. The lowest BCUT2D eigenvalue weighted by atomic mass is 10.2. The summed E-state index contributed by atoms with van der Waals surface area (Å²) in [6.07, 6.45) is 1.73. The lowest BCUT2D eigenvalue weighted by Gasteiger charge is -2.02. The minimum atomic E-state index is -0.0767. The van der Waals surface area contributed by atoms with Gasteiger partial charge in [0.15, 0.2) is 0 Å². The molecule has 0 aliphatic carbocycles. The van der Waals surface area contributed by atoms with Gasteiger partial charge in [-0.3, -0.25) is 10.2 Å². The normalized spacial score (nSPS) is 10.4. The van der Waals surface area contributed by atoms with Gasteiger partial charge in [0, 0.05) is 12.6 Å². The van der Waals surface area contributed by atoms with Crippen molar-refractivity contribution in [3.05, 3.63) is 60.2 Å². The molecule has 4 heteroatoms. The van der Waals surface area contributed by atoms with Crippen LogP contribution in [0.5, 0.6) is 0 Å². The zero-order chi connectivity index (χ0) is 13.5. The molecule has 0 saturated heterocycles. The molecule has 0 spiro atoms. The van der Waals surface area contributed by atoms with Crippen LogP contribution in [0, 0.1) is 0 Å². The maximum absolute atomic E-state index is 10.9. The first-order valence-corrected chi connectivity index (χ1v) is 5.96. The highest BCUT2D eigenvalue weighted by atomic mass is 16.1. The molecule has 2 N–H and O–H groups in total. The zero-order valence-corrected chi connectivity index (χ0v) is 10.6. The summed E-state index contributed by atoms with van der Waals surface area (Å²) in [5.41, 5.74) is 5.61. The van der Waals surface area contributed by atoms with Gasteiger partial charge in [-0.15, -0.1) is 0 Å². The second-order valence-electron chi connectivity index (χ2n) is 4.04. The molecule has 96 valence electrons. The van der Waals surface area contributed by atoms with Crippen molar-refractivity contribution in [3.63, 3.8) is 0 Å². The topological polar surface area (TPSA) is 53.5 Å². The first kappa shape index (κ1) is 12.8. The predicted octanol–water partition coefficient (Wildman–Crippen LogP) is 3.09. The molecular weight excluding hydrogens is 238 g/mol. The number of nitrogens with zero attached hydrogens (tertiary/aromatic N) is 1. The fraction of sp³-hybridized carbons (Fsp3) is 0.0667. The largest absolute Gasteiger partial charge is 0.326 e. The Balaban J connectivity index is 1.94. The van der Waals surface area contributed by atoms with E-state index in [2.05, 4.69) is 15.8 Å². The zero-order valence-electron chi connectivity index (χ0n) is 10.6. The van der Waals surface area contributed by atoms with Gasteiger partial charge in [0.05, 0.1) is 11.9 Å². The molecular formula is C15H15N3O. The van der Waals surface area contributed by atoms with Gasteiger partial charge in [0.2, 0.25) is 5.91 Å². The number of rotatable bonds is 4. The summed E-state index contributed by atoms with van der Waals surface area (Å²) in [6.45, 7) is 1.49. The van der Waals surface area contributed by atoms with E-state index < -0.39 is 0 Å². The Bertz CT molecular complexity index is 562. The standard InChI is InChI=1S/C15H15N3O/c1-12(19)17-14-9-7-13(8-10-14)11-16-18-15-5-3-2-4-6-15/h2-11,18H,1H3,(H,17,19)/b16-11-. The highest BCUT2D eigenvalue weighted by molar-refractivity contribution is 5.89. The summed E-state index contributed by atoms with van der Waals surface area (Å²) in [4.78, 5) is 10.9. The van der Waals surface area contributed by atoms with E-state index in [1.807, 2.05) is 54.6 Å². The van der Waals surface area contributed by atoms with Gasteiger partial charge < -0.3 is 5.32 Å². The smallest absolute Gasteiger partial charge is 0.221 e. The van der Waals surface area contributed by atoms with E-state index in [0.717, 1.165) is 16.9 Å². The third kappa shape index (κ3) is 4.27. The molecule has 0 unspecified atom stereocenters. The first-order chi connectivity index (χ1) is 9.24. The Kier molecular flexibility index (Phi) is 4.29. The highest BCUT2D eigenvalue weighted by Crippen LogP contribution is 2.08. The van der Waals surface area contributed by atoms with Crippen LogP contribution in [0.15, 0.2) is 59.7 Å². The van der Waals surface area contributed by atoms with E-state index in [-0.39, 0.29) is 5.91 Å². The van der Waals surface area contributed by atoms with Crippen molar-refractivity contribution in [2.75, 3.05) is 10.7 Å². The molecule has 1 amide bonds. The monoisotopic (exact) mass is 253 g/mol. The number of nitrogens with one attached hydrogen (secondary N) is 2. The van der Waals surface area contributed by atoms with Gasteiger partial charge in [0.1, 0.15) is 0 Å². The number of anilines is 2. The summed E-state index contributed by atoms with van der Waals surface area (Å²) in [7, 11) is 0. The van der Waals surface area contributed by atoms with Crippen molar-refractivity contribution in [3.8, 4) is 0 Å². The molecule has 0 radical (unpaired) electrons. The lowest BCUT2D eigenvalue weighted by Crippen LogP contribution is -2.05. The van der Waals surface area contributed by atoms with Crippen LogP contribution in [-0.2, 0) is 4.79 Å². The molecule has 2 rings (SSSR count). The SMILES string of the molecule is CC(=O)Nc1ccc(/C=N\Nc2ccccc2)cc1. The number of hydrazone groups is 1. The lowest BCUT2D eigenvalue weighted by molar-refractivity contribution is -0.114. The molecule has 19 heavy (non-hydrogen) atoms. The Morgan fingerprint density at radius 3 is 2.32 bits per heavy atom. The van der Waals surface area contributed by atoms with Crippen LogP contribution >= 0.6 is 0 Å². The summed E-state index contributed by atoms with van der Waals surface area (Å²) < 4.78 is 0. The van der Waals surface area contributed by atoms with Gasteiger partial charge in [0.25, 0.3) is 0 Å². The van der Waals surface area contributed by atoms with Crippen LogP contribution in [0.1, 0.15) is 12.5 Å². The molecule has 0 aliphatic heterocycles. The van der Waals surface area contributed by atoms with Crippen LogP contribution in [0.25, 0.3) is 0 Å². The van der Waals surface area contributed by atoms with Crippen molar-refractivity contribution in [2.24, 2.45) is 5.10 Å². The summed E-state index contributed by atoms with van der Waals surface area (Å²) in [5.74, 6) is -0.0767. The second kappa shape index (κ2) is 6.35. The van der Waals surface area contributed by atoms with Crippen LogP contribution in [0.3, 0.4) is 0 Å². The summed E-state index contributed by atoms with van der Waals surface area (Å²) >= 11 is 0. The number of benzene rings is 2. The number of carbonyl (C=O) groups is 1. The van der Waals surface area contributed by atoms with Gasteiger partial charge in [-0.25, -0.2) is 0 Å². The molecule has 0 heterocycles. The number of carbonyl (C=O) groups excluding carboxylic acids is 1. The van der Waals surface area contributed by atoms with Crippen LogP contribution in [0.2, 0.25) is 0 Å². The Morgan fingerprint density at radius 2 is 1.68 bits per heavy atom. The van der Waals surface area contributed by atoms with Gasteiger partial charge in [-0.2, -0.15) is 5.10 Å². The van der Waals surface area contributed by atoms with E-state index in [1.54, 1.807) is 6.21 Å². The molecule has 0 aromatic heterocycles. The molecule has 0 fully saturated rings. The van der Waals surface area contributed by atoms with E-state index >= 15 is 0 Å². The van der Waals surface area contributed by atoms with Gasteiger partial charge >= 0.3 is 0 Å². The molecule has 2 aromatic carbocycles. The molecule has 0 aliphatic rings. The van der Waals surface area contributed by atoms with E-state index in [1.165, 1.54) is 6.92 Å². The maximum atomic E-state index is 10.9. The van der Waals surface area contributed by atoms with E-state index in [9.17, 15) is 4.79 Å². The summed E-state index contributed by atoms with van der Waals surface area (Å²) in [6, 6.07) is 17.2. The third-order valence-corrected chi connectivity index (χ3v) is 2.41. The van der Waals surface area contributed by atoms with Crippen molar-refractivity contribution in [1.82, 2.24) is 0 Å². The average Bonchev–Trinajstić information content (AvgIpc) is 2.41. The average molecular weight is 253 g/mol. The maximum Gasteiger partial charge on any atom is 0.221 e. The predicted molar refractivity (Wildman–Crippen MR) is 78.4 cm³/mol. The fourth-order valence-corrected chi connectivity index (χ4v) is 1.55. The van der Waals surface area contributed by atoms with Gasteiger partial charge in [-0.1, -0.05) is 30.3 Å². The quantitative estimate of drug-likeness (QED) is 0.650. The van der Waals surface area contributed by atoms with Crippen molar-refractivity contribution in [1.29, 1.82) is 0 Å². The number of hydrogen-bond acceptors (Lipinski definition) is 3. The minimum absolute atomic E-state index is 0.0767. The molecule has 0 bridgehead atoms. The fourth-order valence-electron chi connectivity index (χ4n) is 1.55. The van der Waals surface area contributed by atoms with Crippen molar-refractivity contribution in [2.45, 2.75) is 6.92 Å². The Hall–Kier alpha value is -2.62. The highest BCUT2D eigenvalue weighted by Gasteiger charge is 1.94.